The van der Waals surface area contributed by atoms with E-state index in [1.54, 1.807) is 0 Å². The van der Waals surface area contributed by atoms with Crippen molar-refractivity contribution in [1.29, 1.82) is 0 Å². The number of nitrogens with zero attached hydrogens (tertiary/aromatic N) is 1. The summed E-state index contributed by atoms with van der Waals surface area (Å²) in [5.74, 6) is 1.15. The molecule has 2 aromatic carbocycles. The number of para-hydroxylation sites is 2. The van der Waals surface area contributed by atoms with E-state index < -0.39 is 0 Å². The molecule has 0 aromatic heterocycles. The zero-order chi connectivity index (χ0) is 19.3. The smallest absolute Gasteiger partial charge is 0.224 e. The van der Waals surface area contributed by atoms with Gasteiger partial charge in [-0.25, -0.2) is 0 Å². The van der Waals surface area contributed by atoms with Crippen LogP contribution < -0.4 is 15.5 Å². The number of piperidine rings is 1. The minimum Gasteiger partial charge on any atom is -0.367 e. The Balaban J connectivity index is 1.40. The Morgan fingerprint density at radius 3 is 2.89 bits per heavy atom. The molecular formula is C24H31N3O. The molecule has 28 heavy (non-hydrogen) atoms. The lowest BCUT2D eigenvalue weighted by Crippen LogP contribution is -2.34. The fraction of sp³-hybridized carbons (Fsp3) is 0.458. The van der Waals surface area contributed by atoms with Gasteiger partial charge < -0.3 is 15.5 Å². The molecule has 2 heterocycles. The van der Waals surface area contributed by atoms with Gasteiger partial charge in [0, 0.05) is 30.9 Å². The van der Waals surface area contributed by atoms with E-state index in [0.29, 0.717) is 18.3 Å². The highest BCUT2D eigenvalue weighted by atomic mass is 16.1. The van der Waals surface area contributed by atoms with E-state index in [9.17, 15) is 4.79 Å². The van der Waals surface area contributed by atoms with Gasteiger partial charge in [-0.2, -0.15) is 0 Å². The van der Waals surface area contributed by atoms with E-state index in [-0.39, 0.29) is 5.91 Å². The average Bonchev–Trinajstić information content (AvgIpc) is 3.13. The topological polar surface area (TPSA) is 44.4 Å². The molecule has 1 amide bonds. The first-order chi connectivity index (χ1) is 13.7. The number of benzene rings is 2. The highest BCUT2D eigenvalue weighted by Gasteiger charge is 2.23. The second-order valence-electron chi connectivity index (χ2n) is 8.29. The quantitative estimate of drug-likeness (QED) is 0.792. The molecule has 0 aliphatic carbocycles. The zero-order valence-electron chi connectivity index (χ0n) is 16.8. The van der Waals surface area contributed by atoms with Gasteiger partial charge in [-0.3, -0.25) is 4.79 Å². The summed E-state index contributed by atoms with van der Waals surface area (Å²) in [7, 11) is 0. The minimum absolute atomic E-state index is 0.132. The first-order valence-electron chi connectivity index (χ1n) is 10.6. The van der Waals surface area contributed by atoms with E-state index in [1.807, 2.05) is 12.1 Å². The first kappa shape index (κ1) is 19.0. The molecule has 0 saturated carbocycles. The summed E-state index contributed by atoms with van der Waals surface area (Å²) in [6, 6.07) is 16.8. The van der Waals surface area contributed by atoms with Crippen molar-refractivity contribution in [3.05, 3.63) is 59.7 Å². The van der Waals surface area contributed by atoms with Crippen LogP contribution >= 0.6 is 0 Å². The number of carbonyl (C=O) groups excluding carboxylic acids is 1. The predicted octanol–water partition coefficient (Wildman–Crippen LogP) is 4.21. The van der Waals surface area contributed by atoms with Crippen LogP contribution in [0.2, 0.25) is 0 Å². The van der Waals surface area contributed by atoms with Crippen LogP contribution in [0.1, 0.15) is 37.3 Å². The van der Waals surface area contributed by atoms with Gasteiger partial charge in [0.05, 0.1) is 0 Å². The van der Waals surface area contributed by atoms with Gasteiger partial charge >= 0.3 is 0 Å². The highest BCUT2D eigenvalue weighted by molar-refractivity contribution is 5.91. The molecule has 2 aromatic rings. The van der Waals surface area contributed by atoms with Crippen molar-refractivity contribution in [3.8, 4) is 0 Å². The third-order valence-corrected chi connectivity index (χ3v) is 6.28. The predicted molar refractivity (Wildman–Crippen MR) is 116 cm³/mol. The number of amides is 1. The SMILES string of the molecule is CC(CC(=O)Nc1ccccc1CN1CCc2ccccc21)C1CCCNC1. The molecule has 4 rings (SSSR count). The molecule has 1 saturated heterocycles. The number of hydrogen-bond acceptors (Lipinski definition) is 3. The third kappa shape index (κ3) is 4.39. The Bertz CT molecular complexity index is 813. The molecule has 2 aliphatic heterocycles. The molecule has 0 radical (unpaired) electrons. The van der Waals surface area contributed by atoms with Crippen molar-refractivity contribution in [2.24, 2.45) is 11.8 Å². The van der Waals surface area contributed by atoms with Crippen LogP contribution in [0.25, 0.3) is 0 Å². The number of hydrogen-bond donors (Lipinski definition) is 2. The number of nitrogens with one attached hydrogen (secondary N) is 2. The summed E-state index contributed by atoms with van der Waals surface area (Å²) in [6.45, 7) is 6.23. The Hall–Kier alpha value is -2.33. The summed E-state index contributed by atoms with van der Waals surface area (Å²) in [5, 5.41) is 6.65. The number of carbonyl (C=O) groups is 1. The van der Waals surface area contributed by atoms with Crippen molar-refractivity contribution in [1.82, 2.24) is 5.32 Å². The summed E-state index contributed by atoms with van der Waals surface area (Å²) < 4.78 is 0. The van der Waals surface area contributed by atoms with Gasteiger partial charge in [-0.1, -0.05) is 43.3 Å². The lowest BCUT2D eigenvalue weighted by atomic mass is 9.85. The van der Waals surface area contributed by atoms with Crippen LogP contribution in [0.4, 0.5) is 11.4 Å². The molecule has 2 atom stereocenters. The molecule has 148 valence electrons. The largest absolute Gasteiger partial charge is 0.367 e. The van der Waals surface area contributed by atoms with E-state index in [4.69, 9.17) is 0 Å². The molecular weight excluding hydrogens is 346 g/mol. The summed E-state index contributed by atoms with van der Waals surface area (Å²) in [6.07, 6.45) is 4.13. The van der Waals surface area contributed by atoms with Gasteiger partial charge in [-0.15, -0.1) is 0 Å². The van der Waals surface area contributed by atoms with Crippen LogP contribution in [0, 0.1) is 11.8 Å². The van der Waals surface area contributed by atoms with E-state index in [1.165, 1.54) is 29.7 Å². The second-order valence-corrected chi connectivity index (χ2v) is 8.29. The van der Waals surface area contributed by atoms with Gasteiger partial charge in [0.1, 0.15) is 0 Å². The molecule has 2 N–H and O–H groups in total. The molecule has 1 fully saturated rings. The minimum atomic E-state index is 0.132. The average molecular weight is 378 g/mol. The number of anilines is 2. The lowest BCUT2D eigenvalue weighted by Gasteiger charge is -2.28. The first-order valence-corrected chi connectivity index (χ1v) is 10.6. The monoisotopic (exact) mass is 377 g/mol. The summed E-state index contributed by atoms with van der Waals surface area (Å²) in [5.41, 5.74) is 4.87. The van der Waals surface area contributed by atoms with Crippen LogP contribution in [-0.2, 0) is 17.8 Å². The van der Waals surface area contributed by atoms with Crippen molar-refractivity contribution < 1.29 is 4.79 Å². The Kier molecular flexibility index (Phi) is 5.96. The zero-order valence-corrected chi connectivity index (χ0v) is 16.8. The summed E-state index contributed by atoms with van der Waals surface area (Å²) in [4.78, 5) is 15.1. The number of fused-ring (bicyclic) bond motifs is 1. The highest BCUT2D eigenvalue weighted by Crippen LogP contribution is 2.30. The van der Waals surface area contributed by atoms with Crippen LogP contribution in [-0.4, -0.2) is 25.5 Å². The Labute approximate surface area is 168 Å². The number of rotatable bonds is 6. The van der Waals surface area contributed by atoms with E-state index in [2.05, 4.69) is 58.9 Å². The molecule has 2 unspecified atom stereocenters. The Morgan fingerprint density at radius 1 is 1.21 bits per heavy atom. The normalized spacial score (nSPS) is 19.9. The van der Waals surface area contributed by atoms with Crippen LogP contribution in [0.15, 0.2) is 48.5 Å². The molecule has 0 bridgehead atoms. The molecule has 2 aliphatic rings. The summed E-state index contributed by atoms with van der Waals surface area (Å²) >= 11 is 0. The maximum Gasteiger partial charge on any atom is 0.224 e. The second kappa shape index (κ2) is 8.78. The van der Waals surface area contributed by atoms with Crippen molar-refractivity contribution >= 4 is 17.3 Å². The fourth-order valence-corrected chi connectivity index (χ4v) is 4.58. The van der Waals surface area contributed by atoms with Gasteiger partial charge in [0.25, 0.3) is 0 Å². The van der Waals surface area contributed by atoms with E-state index >= 15 is 0 Å². The standard InChI is InChI=1S/C24H31N3O/c1-18(20-9-6-13-25-16-20)15-24(28)26-22-10-4-2-8-21(22)17-27-14-12-19-7-3-5-11-23(19)27/h2-5,7-8,10-11,18,20,25H,6,9,12-17H2,1H3,(H,26,28). The Morgan fingerprint density at radius 2 is 2.04 bits per heavy atom. The van der Waals surface area contributed by atoms with Crippen molar-refractivity contribution in [3.63, 3.8) is 0 Å². The van der Waals surface area contributed by atoms with Gasteiger partial charge in [0.15, 0.2) is 0 Å². The molecule has 4 heteroatoms. The van der Waals surface area contributed by atoms with Gasteiger partial charge in [0.2, 0.25) is 5.91 Å². The third-order valence-electron chi connectivity index (χ3n) is 6.28. The van der Waals surface area contributed by atoms with E-state index in [0.717, 1.165) is 38.3 Å². The molecule has 0 spiro atoms. The maximum absolute atomic E-state index is 12.7. The lowest BCUT2D eigenvalue weighted by molar-refractivity contribution is -0.117. The fourth-order valence-electron chi connectivity index (χ4n) is 4.58. The van der Waals surface area contributed by atoms with Crippen LogP contribution in [0.3, 0.4) is 0 Å². The van der Waals surface area contributed by atoms with Gasteiger partial charge in [-0.05, 0) is 67.4 Å². The van der Waals surface area contributed by atoms with Crippen molar-refractivity contribution in [2.75, 3.05) is 29.9 Å². The maximum atomic E-state index is 12.7. The van der Waals surface area contributed by atoms with Crippen molar-refractivity contribution in [2.45, 2.75) is 39.2 Å². The van der Waals surface area contributed by atoms with Crippen LogP contribution in [0.5, 0.6) is 0 Å². The molecule has 4 nitrogen and oxygen atoms in total.